The first-order valence-electron chi connectivity index (χ1n) is 8.22. The van der Waals surface area contributed by atoms with Crippen LogP contribution in [0.25, 0.3) is 0 Å². The fourth-order valence-corrected chi connectivity index (χ4v) is 3.17. The highest BCUT2D eigenvalue weighted by Gasteiger charge is 2.46. The molecule has 1 fully saturated rings. The van der Waals surface area contributed by atoms with Gasteiger partial charge in [0.15, 0.2) is 0 Å². The number of aliphatic carboxylic acids is 1. The third kappa shape index (κ3) is 4.02. The molecule has 2 aromatic carbocycles. The van der Waals surface area contributed by atoms with E-state index in [0.717, 1.165) is 18.5 Å². The number of likely N-dealkylation sites (N-methyl/N-ethyl adjacent to an activating group) is 1. The first-order valence-corrected chi connectivity index (χ1v) is 8.22. The molecule has 4 nitrogen and oxygen atoms in total. The van der Waals surface area contributed by atoms with E-state index in [0.29, 0.717) is 0 Å². The van der Waals surface area contributed by atoms with Crippen LogP contribution in [-0.2, 0) is 10.4 Å². The van der Waals surface area contributed by atoms with E-state index in [1.807, 2.05) is 48.5 Å². The summed E-state index contributed by atoms with van der Waals surface area (Å²) < 4.78 is 0. The number of carbonyl (C=O) groups is 1. The number of benzene rings is 2. The van der Waals surface area contributed by atoms with E-state index in [9.17, 15) is 15.0 Å². The fraction of sp³-hybridized carbons (Fsp3) is 0.350. The standard InChI is InChI=1S/C17H19NO.C3H6O2/c1-18-13-12-17(19,15-10-6-3-7-11-15)16(18)14-8-4-2-5-9-14;1-2-3(4)5/h2-11,16,19H,12-13H2,1H3;2H2,1H3,(H,4,5)/p-1. The lowest BCUT2D eigenvalue weighted by molar-refractivity contribution is -0.305. The van der Waals surface area contributed by atoms with Crippen LogP contribution in [0.1, 0.15) is 36.9 Å². The van der Waals surface area contributed by atoms with Gasteiger partial charge in [-0.25, -0.2) is 0 Å². The Bertz CT molecular complexity index is 644. The van der Waals surface area contributed by atoms with Gasteiger partial charge in [-0.15, -0.1) is 0 Å². The van der Waals surface area contributed by atoms with Gasteiger partial charge < -0.3 is 15.0 Å². The molecule has 1 saturated heterocycles. The number of nitrogens with zero attached hydrogens (tertiary/aromatic N) is 1. The molecular weight excluding hydrogens is 302 g/mol. The lowest BCUT2D eigenvalue weighted by Crippen LogP contribution is -2.33. The monoisotopic (exact) mass is 326 g/mol. The van der Waals surface area contributed by atoms with Crippen LogP contribution in [0.3, 0.4) is 0 Å². The van der Waals surface area contributed by atoms with Crippen LogP contribution in [0.2, 0.25) is 0 Å². The summed E-state index contributed by atoms with van der Waals surface area (Å²) in [7, 11) is 2.08. The Morgan fingerprint density at radius 3 is 2.17 bits per heavy atom. The normalized spacial score (nSPS) is 23.4. The first-order chi connectivity index (χ1) is 11.5. The molecular formula is C20H24NO3-. The number of carboxylic acid groups (broad SMARTS) is 1. The largest absolute Gasteiger partial charge is 0.550 e. The molecule has 3 rings (SSSR count). The Morgan fingerprint density at radius 1 is 1.17 bits per heavy atom. The van der Waals surface area contributed by atoms with Crippen molar-refractivity contribution in [2.45, 2.75) is 31.4 Å². The van der Waals surface area contributed by atoms with Crippen molar-refractivity contribution in [3.8, 4) is 0 Å². The molecule has 0 saturated carbocycles. The molecule has 1 heterocycles. The van der Waals surface area contributed by atoms with Gasteiger partial charge in [-0.2, -0.15) is 0 Å². The van der Waals surface area contributed by atoms with Crippen molar-refractivity contribution in [2.24, 2.45) is 0 Å². The van der Waals surface area contributed by atoms with Crippen LogP contribution in [-0.4, -0.2) is 29.6 Å². The van der Waals surface area contributed by atoms with Crippen LogP contribution in [0, 0.1) is 0 Å². The third-order valence-electron chi connectivity index (χ3n) is 4.42. The van der Waals surface area contributed by atoms with Crippen LogP contribution in [0.15, 0.2) is 60.7 Å². The number of rotatable bonds is 3. The van der Waals surface area contributed by atoms with Crippen molar-refractivity contribution >= 4 is 5.97 Å². The predicted molar refractivity (Wildman–Crippen MR) is 92.1 cm³/mol. The maximum Gasteiger partial charge on any atom is 0.110 e. The van der Waals surface area contributed by atoms with Crippen molar-refractivity contribution in [1.82, 2.24) is 4.90 Å². The fourth-order valence-electron chi connectivity index (χ4n) is 3.17. The summed E-state index contributed by atoms with van der Waals surface area (Å²) in [6.45, 7) is 2.44. The third-order valence-corrected chi connectivity index (χ3v) is 4.42. The zero-order valence-corrected chi connectivity index (χ0v) is 14.2. The molecule has 128 valence electrons. The summed E-state index contributed by atoms with van der Waals surface area (Å²) in [5.74, 6) is -0.995. The molecule has 0 aliphatic carbocycles. The second-order valence-corrected chi connectivity index (χ2v) is 6.06. The van der Waals surface area contributed by atoms with Crippen LogP contribution in [0.4, 0.5) is 0 Å². The number of aliphatic hydroxyl groups is 1. The van der Waals surface area contributed by atoms with E-state index in [-0.39, 0.29) is 12.5 Å². The number of carboxylic acids is 1. The number of hydrogen-bond acceptors (Lipinski definition) is 4. The SMILES string of the molecule is CCC(=O)[O-].CN1CCC(O)(c2ccccc2)C1c1ccccc1. The summed E-state index contributed by atoms with van der Waals surface area (Å²) in [6, 6.07) is 20.3. The molecule has 0 amide bonds. The van der Waals surface area contributed by atoms with E-state index in [1.165, 1.54) is 12.5 Å². The van der Waals surface area contributed by atoms with Gasteiger partial charge in [0.1, 0.15) is 5.60 Å². The molecule has 0 bridgehead atoms. The Morgan fingerprint density at radius 2 is 1.67 bits per heavy atom. The van der Waals surface area contributed by atoms with Crippen molar-refractivity contribution < 1.29 is 15.0 Å². The molecule has 2 atom stereocenters. The molecule has 1 N–H and O–H groups in total. The lowest BCUT2D eigenvalue weighted by Gasteiger charge is -2.33. The molecule has 0 aromatic heterocycles. The van der Waals surface area contributed by atoms with Gasteiger partial charge in [-0.1, -0.05) is 67.6 Å². The number of hydrogen-bond donors (Lipinski definition) is 1. The summed E-state index contributed by atoms with van der Waals surface area (Å²) in [4.78, 5) is 11.5. The van der Waals surface area contributed by atoms with Gasteiger partial charge in [-0.05, 0) is 31.0 Å². The van der Waals surface area contributed by atoms with Crippen molar-refractivity contribution in [3.63, 3.8) is 0 Å². The van der Waals surface area contributed by atoms with Gasteiger partial charge >= 0.3 is 0 Å². The molecule has 4 heteroatoms. The minimum Gasteiger partial charge on any atom is -0.550 e. The highest BCUT2D eigenvalue weighted by molar-refractivity contribution is 5.63. The van der Waals surface area contributed by atoms with Gasteiger partial charge in [0.25, 0.3) is 0 Å². The predicted octanol–water partition coefficient (Wildman–Crippen LogP) is 2.10. The quantitative estimate of drug-likeness (QED) is 0.938. The minimum atomic E-state index is -0.995. The van der Waals surface area contributed by atoms with Gasteiger partial charge in [-0.3, -0.25) is 4.90 Å². The molecule has 2 unspecified atom stereocenters. The molecule has 2 aromatic rings. The molecule has 0 spiro atoms. The Balaban J connectivity index is 0.000000368. The van der Waals surface area contributed by atoms with E-state index < -0.39 is 11.6 Å². The van der Waals surface area contributed by atoms with E-state index in [1.54, 1.807) is 0 Å². The summed E-state index contributed by atoms with van der Waals surface area (Å²) in [6.07, 6.45) is 0.882. The second kappa shape index (κ2) is 8.08. The zero-order valence-electron chi connectivity index (χ0n) is 14.2. The number of likely N-dealkylation sites (tertiary alicyclic amines) is 1. The summed E-state index contributed by atoms with van der Waals surface area (Å²) in [5.41, 5.74) is 1.39. The molecule has 24 heavy (non-hydrogen) atoms. The Labute approximate surface area is 143 Å². The molecule has 1 aliphatic rings. The highest BCUT2D eigenvalue weighted by atomic mass is 16.4. The van der Waals surface area contributed by atoms with Gasteiger partial charge in [0.2, 0.25) is 0 Å². The molecule has 1 aliphatic heterocycles. The van der Waals surface area contributed by atoms with E-state index in [4.69, 9.17) is 0 Å². The average molecular weight is 326 g/mol. The zero-order chi connectivity index (χ0) is 17.6. The van der Waals surface area contributed by atoms with Crippen molar-refractivity contribution in [3.05, 3.63) is 71.8 Å². The van der Waals surface area contributed by atoms with Crippen molar-refractivity contribution in [2.75, 3.05) is 13.6 Å². The Kier molecular flexibility index (Phi) is 6.12. The number of carbonyl (C=O) groups excluding carboxylic acids is 1. The lowest BCUT2D eigenvalue weighted by atomic mass is 9.83. The minimum absolute atomic E-state index is 0.0242. The van der Waals surface area contributed by atoms with E-state index >= 15 is 0 Å². The van der Waals surface area contributed by atoms with Gasteiger partial charge in [0, 0.05) is 12.5 Å². The maximum atomic E-state index is 11.2. The van der Waals surface area contributed by atoms with Crippen LogP contribution >= 0.6 is 0 Å². The van der Waals surface area contributed by atoms with Crippen LogP contribution in [0.5, 0.6) is 0 Å². The Hall–Kier alpha value is -2.17. The van der Waals surface area contributed by atoms with Gasteiger partial charge in [0.05, 0.1) is 6.04 Å². The summed E-state index contributed by atoms with van der Waals surface area (Å²) in [5, 5.41) is 20.5. The highest BCUT2D eigenvalue weighted by Crippen LogP contribution is 2.46. The first kappa shape index (κ1) is 18.2. The topological polar surface area (TPSA) is 63.6 Å². The van der Waals surface area contributed by atoms with E-state index in [2.05, 4.69) is 24.1 Å². The molecule has 0 radical (unpaired) electrons. The van der Waals surface area contributed by atoms with Crippen molar-refractivity contribution in [1.29, 1.82) is 0 Å². The second-order valence-electron chi connectivity index (χ2n) is 6.06. The average Bonchev–Trinajstić information content (AvgIpc) is 2.93. The maximum absolute atomic E-state index is 11.2. The smallest absolute Gasteiger partial charge is 0.110 e. The van der Waals surface area contributed by atoms with Crippen LogP contribution < -0.4 is 5.11 Å². The summed E-state index contributed by atoms with van der Waals surface area (Å²) >= 11 is 0.